The lowest BCUT2D eigenvalue weighted by atomic mass is 10.0. The molecule has 1 unspecified atom stereocenters. The topological polar surface area (TPSA) is 44.5 Å². The molecule has 0 bridgehead atoms. The summed E-state index contributed by atoms with van der Waals surface area (Å²) in [5.74, 6) is 0. The second-order valence-electron chi connectivity index (χ2n) is 7.05. The SMILES string of the molecule is CCCCCCCCCCCCCCCCC(N)(COC)OC. The van der Waals surface area contributed by atoms with Gasteiger partial charge >= 0.3 is 0 Å². The quantitative estimate of drug-likeness (QED) is 0.255. The molecule has 0 aromatic heterocycles. The first kappa shape index (κ1) is 22.9. The molecular weight excluding hydrogens is 286 g/mol. The van der Waals surface area contributed by atoms with Gasteiger partial charge in [0.05, 0.1) is 6.61 Å². The highest BCUT2D eigenvalue weighted by atomic mass is 16.5. The van der Waals surface area contributed by atoms with E-state index in [-0.39, 0.29) is 0 Å². The Kier molecular flexibility index (Phi) is 16.6. The maximum Gasteiger partial charge on any atom is 0.139 e. The van der Waals surface area contributed by atoms with Gasteiger partial charge in [0.2, 0.25) is 0 Å². The van der Waals surface area contributed by atoms with Crippen molar-refractivity contribution in [1.29, 1.82) is 0 Å². The summed E-state index contributed by atoms with van der Waals surface area (Å²) >= 11 is 0. The molecule has 3 nitrogen and oxygen atoms in total. The molecule has 0 rings (SSSR count). The van der Waals surface area contributed by atoms with Gasteiger partial charge in [0.15, 0.2) is 0 Å². The third kappa shape index (κ3) is 15.2. The Labute approximate surface area is 145 Å². The van der Waals surface area contributed by atoms with Crippen LogP contribution in [0.25, 0.3) is 0 Å². The molecule has 0 spiro atoms. The highest BCUT2D eigenvalue weighted by molar-refractivity contribution is 4.72. The van der Waals surface area contributed by atoms with E-state index in [1.165, 1.54) is 83.5 Å². The van der Waals surface area contributed by atoms with Crippen molar-refractivity contribution in [2.24, 2.45) is 5.73 Å². The fourth-order valence-electron chi connectivity index (χ4n) is 3.10. The molecule has 0 radical (unpaired) electrons. The zero-order chi connectivity index (χ0) is 17.2. The summed E-state index contributed by atoms with van der Waals surface area (Å²) in [5.41, 5.74) is 5.52. The molecule has 0 aromatic rings. The van der Waals surface area contributed by atoms with Crippen molar-refractivity contribution < 1.29 is 9.47 Å². The zero-order valence-corrected chi connectivity index (χ0v) is 16.2. The van der Waals surface area contributed by atoms with Crippen molar-refractivity contribution in [1.82, 2.24) is 0 Å². The third-order valence-electron chi connectivity index (χ3n) is 4.75. The average molecular weight is 330 g/mol. The minimum atomic E-state index is -0.591. The van der Waals surface area contributed by atoms with Gasteiger partial charge in [-0.2, -0.15) is 0 Å². The molecule has 0 aliphatic heterocycles. The molecule has 0 amide bonds. The van der Waals surface area contributed by atoms with E-state index in [4.69, 9.17) is 15.2 Å². The Morgan fingerprint density at radius 2 is 1.04 bits per heavy atom. The monoisotopic (exact) mass is 329 g/mol. The van der Waals surface area contributed by atoms with E-state index in [0.29, 0.717) is 6.61 Å². The molecule has 0 heterocycles. The van der Waals surface area contributed by atoms with Crippen LogP contribution < -0.4 is 5.73 Å². The first-order valence-electron chi connectivity index (χ1n) is 10.0. The van der Waals surface area contributed by atoms with Crippen LogP contribution in [0.3, 0.4) is 0 Å². The summed E-state index contributed by atoms with van der Waals surface area (Å²) in [7, 11) is 3.34. The van der Waals surface area contributed by atoms with Gasteiger partial charge in [0.1, 0.15) is 5.72 Å². The van der Waals surface area contributed by atoms with Gasteiger partial charge in [-0.1, -0.05) is 90.4 Å². The van der Waals surface area contributed by atoms with E-state index in [2.05, 4.69) is 6.92 Å². The van der Waals surface area contributed by atoms with E-state index in [9.17, 15) is 0 Å². The van der Waals surface area contributed by atoms with Gasteiger partial charge in [-0.15, -0.1) is 0 Å². The molecule has 0 fully saturated rings. The van der Waals surface area contributed by atoms with Crippen LogP contribution in [0.5, 0.6) is 0 Å². The normalized spacial score (nSPS) is 14.1. The predicted molar refractivity (Wildman–Crippen MR) is 101 cm³/mol. The number of hydrogen-bond acceptors (Lipinski definition) is 3. The Bertz CT molecular complexity index is 236. The first-order chi connectivity index (χ1) is 11.2. The Balaban J connectivity index is 3.21. The van der Waals surface area contributed by atoms with Gasteiger partial charge in [0.25, 0.3) is 0 Å². The van der Waals surface area contributed by atoms with Gasteiger partial charge in [-0.3, -0.25) is 0 Å². The molecule has 23 heavy (non-hydrogen) atoms. The van der Waals surface area contributed by atoms with Crippen LogP contribution in [0.2, 0.25) is 0 Å². The summed E-state index contributed by atoms with van der Waals surface area (Å²) in [5, 5.41) is 0. The van der Waals surface area contributed by atoms with Crippen LogP contribution in [0.15, 0.2) is 0 Å². The van der Waals surface area contributed by atoms with E-state index in [1.54, 1.807) is 14.2 Å². The van der Waals surface area contributed by atoms with Crippen LogP contribution in [0.4, 0.5) is 0 Å². The first-order valence-corrected chi connectivity index (χ1v) is 10.0. The summed E-state index contributed by atoms with van der Waals surface area (Å²) < 4.78 is 10.5. The second-order valence-corrected chi connectivity index (χ2v) is 7.05. The summed E-state index contributed by atoms with van der Waals surface area (Å²) in [6.45, 7) is 2.76. The molecule has 0 aliphatic carbocycles. The van der Waals surface area contributed by atoms with Gasteiger partial charge < -0.3 is 15.2 Å². The number of hydrogen-bond donors (Lipinski definition) is 1. The molecule has 140 valence electrons. The summed E-state index contributed by atoms with van der Waals surface area (Å²) in [6, 6.07) is 0. The van der Waals surface area contributed by atoms with Crippen molar-refractivity contribution in [3.8, 4) is 0 Å². The van der Waals surface area contributed by atoms with Crippen molar-refractivity contribution >= 4 is 0 Å². The Morgan fingerprint density at radius 3 is 1.39 bits per heavy atom. The van der Waals surface area contributed by atoms with Gasteiger partial charge in [0, 0.05) is 14.2 Å². The zero-order valence-electron chi connectivity index (χ0n) is 16.2. The van der Waals surface area contributed by atoms with Crippen molar-refractivity contribution in [3.63, 3.8) is 0 Å². The fourth-order valence-corrected chi connectivity index (χ4v) is 3.10. The standard InChI is InChI=1S/C20H43NO2/c1-4-5-6-7-8-9-10-11-12-13-14-15-16-17-18-20(21,23-3)19-22-2/h4-19,21H2,1-3H3. The Hall–Kier alpha value is -0.120. The number of ether oxygens (including phenoxy) is 2. The molecular formula is C20H43NO2. The van der Waals surface area contributed by atoms with Crippen LogP contribution in [-0.4, -0.2) is 26.6 Å². The van der Waals surface area contributed by atoms with E-state index >= 15 is 0 Å². The lowest BCUT2D eigenvalue weighted by molar-refractivity contribution is -0.0664. The van der Waals surface area contributed by atoms with Crippen LogP contribution in [-0.2, 0) is 9.47 Å². The van der Waals surface area contributed by atoms with Crippen molar-refractivity contribution in [3.05, 3.63) is 0 Å². The molecule has 0 aliphatic rings. The number of rotatable bonds is 18. The van der Waals surface area contributed by atoms with E-state index in [0.717, 1.165) is 12.8 Å². The molecule has 2 N–H and O–H groups in total. The van der Waals surface area contributed by atoms with E-state index < -0.39 is 5.72 Å². The highest BCUT2D eigenvalue weighted by Gasteiger charge is 2.23. The van der Waals surface area contributed by atoms with Crippen LogP contribution in [0, 0.1) is 0 Å². The number of unbranched alkanes of at least 4 members (excludes halogenated alkanes) is 13. The average Bonchev–Trinajstić information content (AvgIpc) is 2.55. The maximum absolute atomic E-state index is 6.11. The fraction of sp³-hybridized carbons (Fsp3) is 1.00. The second kappa shape index (κ2) is 16.7. The lowest BCUT2D eigenvalue weighted by Gasteiger charge is -2.26. The van der Waals surface area contributed by atoms with E-state index in [1.807, 2.05) is 0 Å². The summed E-state index contributed by atoms with van der Waals surface area (Å²) in [6.07, 6.45) is 20.2. The Morgan fingerprint density at radius 1 is 0.652 bits per heavy atom. The van der Waals surface area contributed by atoms with Crippen LogP contribution in [0.1, 0.15) is 103 Å². The number of nitrogens with two attached hydrogens (primary N) is 1. The molecule has 0 saturated heterocycles. The van der Waals surface area contributed by atoms with Crippen molar-refractivity contribution in [2.45, 2.75) is 109 Å². The van der Waals surface area contributed by atoms with Gasteiger partial charge in [-0.05, 0) is 12.8 Å². The maximum atomic E-state index is 6.11. The molecule has 1 atom stereocenters. The third-order valence-corrected chi connectivity index (χ3v) is 4.75. The minimum absolute atomic E-state index is 0.474. The lowest BCUT2D eigenvalue weighted by Crippen LogP contribution is -2.46. The van der Waals surface area contributed by atoms with Gasteiger partial charge in [-0.25, -0.2) is 0 Å². The van der Waals surface area contributed by atoms with Crippen molar-refractivity contribution in [2.75, 3.05) is 20.8 Å². The molecule has 0 saturated carbocycles. The minimum Gasteiger partial charge on any atom is -0.380 e. The van der Waals surface area contributed by atoms with Crippen LogP contribution >= 0.6 is 0 Å². The molecule has 3 heteroatoms. The summed E-state index contributed by atoms with van der Waals surface area (Å²) in [4.78, 5) is 0. The molecule has 0 aromatic carbocycles. The highest BCUT2D eigenvalue weighted by Crippen LogP contribution is 2.16. The smallest absolute Gasteiger partial charge is 0.139 e. The predicted octanol–water partition coefficient (Wildman–Crippen LogP) is 5.81. The largest absolute Gasteiger partial charge is 0.380 e. The number of methoxy groups -OCH3 is 2.